The second kappa shape index (κ2) is 10.9. The summed E-state index contributed by atoms with van der Waals surface area (Å²) in [6.07, 6.45) is 1.40. The van der Waals surface area contributed by atoms with Crippen molar-refractivity contribution in [2.45, 2.75) is 13.8 Å². The Bertz CT molecular complexity index is 1470. The molecule has 188 valence electrons. The molecular formula is C27H21ClFN3O4S. The minimum Gasteiger partial charge on any atom is -0.482 e. The van der Waals surface area contributed by atoms with Gasteiger partial charge in [-0.3, -0.25) is 24.6 Å². The van der Waals surface area contributed by atoms with Gasteiger partial charge in [0.15, 0.2) is 11.7 Å². The van der Waals surface area contributed by atoms with E-state index in [2.05, 4.69) is 10.6 Å². The summed E-state index contributed by atoms with van der Waals surface area (Å²) in [7, 11) is 0. The standard InChI is InChI=1S/C27H21ClFN3O4S/c1-15-7-9-22(16(2)11-15)32-26(35)18(25(34)31-27(32)37)12-17-8-10-23(19(28)13-17)36-14-24(33)30-21-6-4-3-5-20(21)29/h3-13H,14H2,1-2H3,(H,30,33)(H,31,34,37)/b18-12+. The van der Waals surface area contributed by atoms with Gasteiger partial charge in [-0.1, -0.05) is 47.5 Å². The van der Waals surface area contributed by atoms with Gasteiger partial charge >= 0.3 is 0 Å². The first kappa shape index (κ1) is 26.0. The molecular weight excluding hydrogens is 517 g/mol. The Morgan fingerprint density at radius 2 is 1.89 bits per heavy atom. The van der Waals surface area contributed by atoms with Crippen molar-refractivity contribution in [1.82, 2.24) is 5.32 Å². The van der Waals surface area contributed by atoms with Crippen LogP contribution < -0.4 is 20.3 Å². The van der Waals surface area contributed by atoms with Crippen molar-refractivity contribution in [3.05, 3.63) is 93.8 Å². The molecule has 3 aromatic carbocycles. The van der Waals surface area contributed by atoms with Crippen molar-refractivity contribution in [2.75, 3.05) is 16.8 Å². The van der Waals surface area contributed by atoms with Gasteiger partial charge in [0, 0.05) is 0 Å². The molecule has 0 spiro atoms. The third-order valence-electron chi connectivity index (χ3n) is 5.47. The molecule has 7 nitrogen and oxygen atoms in total. The molecule has 2 N–H and O–H groups in total. The van der Waals surface area contributed by atoms with Gasteiger partial charge in [-0.15, -0.1) is 0 Å². The van der Waals surface area contributed by atoms with Crippen LogP contribution in [0.4, 0.5) is 15.8 Å². The molecule has 1 fully saturated rings. The van der Waals surface area contributed by atoms with Crippen LogP contribution in [-0.4, -0.2) is 29.4 Å². The number of rotatable bonds is 6. The summed E-state index contributed by atoms with van der Waals surface area (Å²) in [6, 6.07) is 15.9. The molecule has 3 aromatic rings. The Balaban J connectivity index is 1.50. The molecule has 1 heterocycles. The van der Waals surface area contributed by atoms with Crippen LogP contribution >= 0.6 is 23.8 Å². The van der Waals surface area contributed by atoms with E-state index in [0.29, 0.717) is 11.3 Å². The lowest BCUT2D eigenvalue weighted by Gasteiger charge is -2.30. The molecule has 1 saturated heterocycles. The fraction of sp³-hybridized carbons (Fsp3) is 0.111. The predicted octanol–water partition coefficient (Wildman–Crippen LogP) is 4.94. The Hall–Kier alpha value is -4.08. The number of hydrogen-bond donors (Lipinski definition) is 2. The zero-order valence-electron chi connectivity index (χ0n) is 19.8. The van der Waals surface area contributed by atoms with Gasteiger partial charge in [0.1, 0.15) is 17.1 Å². The number of thiocarbonyl (C=S) groups is 1. The number of ether oxygens (including phenoxy) is 1. The normalized spacial score (nSPS) is 14.5. The number of halogens is 2. The lowest BCUT2D eigenvalue weighted by atomic mass is 10.0. The summed E-state index contributed by atoms with van der Waals surface area (Å²) >= 11 is 11.6. The van der Waals surface area contributed by atoms with E-state index in [1.807, 2.05) is 26.0 Å². The summed E-state index contributed by atoms with van der Waals surface area (Å²) in [5, 5.41) is 5.11. The first-order valence-electron chi connectivity index (χ1n) is 11.1. The Morgan fingerprint density at radius 3 is 2.59 bits per heavy atom. The van der Waals surface area contributed by atoms with Crippen LogP contribution in [0.25, 0.3) is 6.08 Å². The largest absolute Gasteiger partial charge is 0.482 e. The van der Waals surface area contributed by atoms with Crippen molar-refractivity contribution in [1.29, 1.82) is 0 Å². The van der Waals surface area contributed by atoms with E-state index in [-0.39, 0.29) is 27.1 Å². The van der Waals surface area contributed by atoms with Crippen LogP contribution in [0.15, 0.2) is 66.2 Å². The number of aryl methyl sites for hydroxylation is 2. The lowest BCUT2D eigenvalue weighted by molar-refractivity contribution is -0.122. The van der Waals surface area contributed by atoms with E-state index in [1.165, 1.54) is 41.3 Å². The SMILES string of the molecule is Cc1ccc(N2C(=O)/C(=C/c3ccc(OCC(=O)Nc4ccccc4F)c(Cl)c3)C(=O)NC2=S)c(C)c1. The highest BCUT2D eigenvalue weighted by Gasteiger charge is 2.35. The number of nitrogens with one attached hydrogen (secondary N) is 2. The van der Waals surface area contributed by atoms with Gasteiger partial charge in [0.2, 0.25) is 0 Å². The number of amides is 3. The Morgan fingerprint density at radius 1 is 1.14 bits per heavy atom. The predicted molar refractivity (Wildman–Crippen MR) is 144 cm³/mol. The summed E-state index contributed by atoms with van der Waals surface area (Å²) in [6.45, 7) is 3.39. The van der Waals surface area contributed by atoms with E-state index < -0.39 is 30.1 Å². The molecule has 0 atom stereocenters. The molecule has 0 aliphatic carbocycles. The molecule has 1 aliphatic heterocycles. The van der Waals surface area contributed by atoms with E-state index in [4.69, 9.17) is 28.6 Å². The maximum absolute atomic E-state index is 13.7. The average Bonchev–Trinajstić information content (AvgIpc) is 2.84. The highest BCUT2D eigenvalue weighted by Crippen LogP contribution is 2.29. The summed E-state index contributed by atoms with van der Waals surface area (Å²) in [5.74, 6) is -2.13. The van der Waals surface area contributed by atoms with Crippen molar-refractivity contribution in [2.24, 2.45) is 0 Å². The van der Waals surface area contributed by atoms with Gasteiger partial charge in [-0.05, 0) is 73.6 Å². The van der Waals surface area contributed by atoms with E-state index >= 15 is 0 Å². The third-order valence-corrected chi connectivity index (χ3v) is 6.05. The lowest BCUT2D eigenvalue weighted by Crippen LogP contribution is -2.54. The number of benzene rings is 3. The molecule has 37 heavy (non-hydrogen) atoms. The Labute approximate surface area is 222 Å². The second-order valence-corrected chi connectivity index (χ2v) is 9.05. The number of carbonyl (C=O) groups excluding carboxylic acids is 3. The molecule has 4 rings (SSSR count). The summed E-state index contributed by atoms with van der Waals surface area (Å²) < 4.78 is 19.2. The van der Waals surface area contributed by atoms with Crippen molar-refractivity contribution in [3.63, 3.8) is 0 Å². The van der Waals surface area contributed by atoms with Crippen molar-refractivity contribution < 1.29 is 23.5 Å². The van der Waals surface area contributed by atoms with Gasteiger partial charge in [-0.25, -0.2) is 4.39 Å². The molecule has 0 radical (unpaired) electrons. The molecule has 3 amide bonds. The number of para-hydroxylation sites is 1. The Kier molecular flexibility index (Phi) is 7.66. The topological polar surface area (TPSA) is 87.7 Å². The van der Waals surface area contributed by atoms with Crippen LogP contribution in [0.5, 0.6) is 5.75 Å². The highest BCUT2D eigenvalue weighted by molar-refractivity contribution is 7.80. The zero-order chi connectivity index (χ0) is 26.7. The number of anilines is 2. The van der Waals surface area contributed by atoms with Crippen LogP contribution in [0.1, 0.15) is 16.7 Å². The van der Waals surface area contributed by atoms with Crippen LogP contribution in [0.2, 0.25) is 5.02 Å². The summed E-state index contributed by atoms with van der Waals surface area (Å²) in [5.41, 5.74) is 2.80. The second-order valence-electron chi connectivity index (χ2n) is 8.25. The smallest absolute Gasteiger partial charge is 0.270 e. The quantitative estimate of drug-likeness (QED) is 0.264. The molecule has 0 bridgehead atoms. The number of hydrogen-bond acceptors (Lipinski definition) is 5. The van der Waals surface area contributed by atoms with E-state index in [1.54, 1.807) is 18.2 Å². The first-order chi connectivity index (χ1) is 17.6. The van der Waals surface area contributed by atoms with Crippen molar-refractivity contribution in [3.8, 4) is 5.75 Å². The fourth-order valence-electron chi connectivity index (χ4n) is 3.72. The van der Waals surface area contributed by atoms with Gasteiger partial charge < -0.3 is 10.1 Å². The zero-order valence-corrected chi connectivity index (χ0v) is 21.4. The molecule has 0 aromatic heterocycles. The fourth-order valence-corrected chi connectivity index (χ4v) is 4.23. The molecule has 1 aliphatic rings. The average molecular weight is 538 g/mol. The van der Waals surface area contributed by atoms with E-state index in [0.717, 1.165) is 11.1 Å². The van der Waals surface area contributed by atoms with Crippen LogP contribution in [0, 0.1) is 19.7 Å². The monoisotopic (exact) mass is 537 g/mol. The molecule has 10 heteroatoms. The minimum absolute atomic E-state index is 0.00505. The summed E-state index contributed by atoms with van der Waals surface area (Å²) in [4.78, 5) is 39.3. The number of nitrogens with zero attached hydrogens (tertiary/aromatic N) is 1. The molecule has 0 saturated carbocycles. The van der Waals surface area contributed by atoms with Crippen LogP contribution in [0.3, 0.4) is 0 Å². The number of carbonyl (C=O) groups is 3. The van der Waals surface area contributed by atoms with Gasteiger partial charge in [0.25, 0.3) is 17.7 Å². The molecule has 0 unspecified atom stereocenters. The highest BCUT2D eigenvalue weighted by atomic mass is 35.5. The minimum atomic E-state index is -0.628. The van der Waals surface area contributed by atoms with Crippen LogP contribution in [-0.2, 0) is 14.4 Å². The van der Waals surface area contributed by atoms with Crippen molar-refractivity contribution >= 4 is 64.1 Å². The first-order valence-corrected chi connectivity index (χ1v) is 11.9. The maximum Gasteiger partial charge on any atom is 0.270 e. The maximum atomic E-state index is 13.7. The van der Waals surface area contributed by atoms with Gasteiger partial charge in [0.05, 0.1) is 16.4 Å². The van der Waals surface area contributed by atoms with E-state index in [9.17, 15) is 18.8 Å². The third kappa shape index (κ3) is 5.84. The van der Waals surface area contributed by atoms with Gasteiger partial charge in [-0.2, -0.15) is 0 Å².